The number of benzene rings is 1. The molecule has 0 aromatic heterocycles. The van der Waals surface area contributed by atoms with Gasteiger partial charge in [0.25, 0.3) is 0 Å². The van der Waals surface area contributed by atoms with Crippen molar-refractivity contribution in [2.75, 3.05) is 19.6 Å². The summed E-state index contributed by atoms with van der Waals surface area (Å²) in [6, 6.07) is 4.03. The van der Waals surface area contributed by atoms with Crippen LogP contribution in [0.25, 0.3) is 0 Å². The number of allylic oxidation sites excluding steroid dienone is 1. The first-order chi connectivity index (χ1) is 12.5. The van der Waals surface area contributed by atoms with E-state index in [-0.39, 0.29) is 23.9 Å². The number of hydrogen-bond donors (Lipinski definition) is 0. The van der Waals surface area contributed by atoms with Crippen LogP contribution in [0.4, 0.5) is 8.78 Å². The fourth-order valence-electron chi connectivity index (χ4n) is 3.99. The number of likely N-dealkylation sites (tertiary alicyclic amines) is 2. The summed E-state index contributed by atoms with van der Waals surface area (Å²) in [5.74, 6) is -1.81. The molecule has 2 saturated heterocycles. The molecule has 2 aliphatic rings. The highest BCUT2D eigenvalue weighted by Crippen LogP contribution is 2.40. The van der Waals surface area contributed by atoms with Crippen molar-refractivity contribution in [1.29, 1.82) is 0 Å². The topological polar surface area (TPSA) is 40.6 Å². The zero-order valence-electron chi connectivity index (χ0n) is 15.0. The van der Waals surface area contributed by atoms with E-state index in [1.807, 2.05) is 19.1 Å². The van der Waals surface area contributed by atoms with Crippen LogP contribution in [0.3, 0.4) is 0 Å². The predicted octanol–water partition coefficient (Wildman–Crippen LogP) is 3.27. The van der Waals surface area contributed by atoms with Gasteiger partial charge in [-0.3, -0.25) is 9.59 Å². The Morgan fingerprint density at radius 2 is 2.08 bits per heavy atom. The lowest BCUT2D eigenvalue weighted by Gasteiger charge is -2.39. The van der Waals surface area contributed by atoms with Crippen molar-refractivity contribution < 1.29 is 18.4 Å². The molecule has 2 fully saturated rings. The molecule has 140 valence electrons. The third-order valence-electron chi connectivity index (χ3n) is 5.45. The maximum absolute atomic E-state index is 14.0. The van der Waals surface area contributed by atoms with E-state index >= 15 is 0 Å². The van der Waals surface area contributed by atoms with E-state index in [1.54, 1.807) is 9.80 Å². The van der Waals surface area contributed by atoms with Crippen molar-refractivity contribution in [3.05, 3.63) is 47.5 Å². The van der Waals surface area contributed by atoms with Crippen LogP contribution in [0.15, 0.2) is 30.4 Å². The monoisotopic (exact) mass is 362 g/mol. The second-order valence-electron chi connectivity index (χ2n) is 7.16. The molecule has 0 aliphatic carbocycles. The summed E-state index contributed by atoms with van der Waals surface area (Å²) in [5, 5.41) is 0. The lowest BCUT2D eigenvalue weighted by Crippen LogP contribution is -2.50. The summed E-state index contributed by atoms with van der Waals surface area (Å²) in [5.41, 5.74) is -0.386. The Morgan fingerprint density at radius 1 is 1.27 bits per heavy atom. The molecule has 0 radical (unpaired) electrons. The van der Waals surface area contributed by atoms with Crippen LogP contribution in [0, 0.1) is 17.0 Å². The number of carbonyl (C=O) groups is 2. The first-order valence-corrected chi connectivity index (χ1v) is 9.08. The maximum Gasteiger partial charge on any atom is 0.230 e. The highest BCUT2D eigenvalue weighted by molar-refractivity contribution is 5.86. The summed E-state index contributed by atoms with van der Waals surface area (Å²) < 4.78 is 27.4. The van der Waals surface area contributed by atoms with Crippen LogP contribution in [-0.4, -0.2) is 41.2 Å². The first-order valence-electron chi connectivity index (χ1n) is 9.08. The molecule has 4 nitrogen and oxygen atoms in total. The van der Waals surface area contributed by atoms with Gasteiger partial charge >= 0.3 is 0 Å². The second-order valence-corrected chi connectivity index (χ2v) is 7.16. The van der Waals surface area contributed by atoms with Gasteiger partial charge in [0, 0.05) is 38.2 Å². The molecule has 6 heteroatoms. The number of piperidine rings is 1. The third-order valence-corrected chi connectivity index (χ3v) is 5.45. The average molecular weight is 362 g/mol. The Labute approximate surface area is 152 Å². The highest BCUT2D eigenvalue weighted by Gasteiger charge is 2.49. The molecule has 1 aromatic rings. The van der Waals surface area contributed by atoms with Gasteiger partial charge in [0.2, 0.25) is 11.8 Å². The quantitative estimate of drug-likeness (QED) is 0.772. The molecule has 0 unspecified atom stereocenters. The van der Waals surface area contributed by atoms with Gasteiger partial charge in [0.1, 0.15) is 0 Å². The van der Waals surface area contributed by atoms with Crippen LogP contribution < -0.4 is 0 Å². The van der Waals surface area contributed by atoms with Crippen LogP contribution >= 0.6 is 0 Å². The minimum atomic E-state index is -0.900. The number of nitrogens with zero attached hydrogens (tertiary/aromatic N) is 2. The Balaban J connectivity index is 1.72. The smallest absolute Gasteiger partial charge is 0.230 e. The molecule has 2 heterocycles. The first kappa shape index (κ1) is 18.5. The molecule has 0 N–H and O–H groups in total. The number of halogens is 2. The number of amides is 2. The van der Waals surface area contributed by atoms with Crippen LogP contribution in [0.2, 0.25) is 0 Å². The fourth-order valence-corrected chi connectivity index (χ4v) is 3.99. The van der Waals surface area contributed by atoms with Crippen LogP contribution in [0.5, 0.6) is 0 Å². The normalized spacial score (nSPS) is 23.4. The Bertz CT molecular complexity index is 735. The van der Waals surface area contributed by atoms with Crippen molar-refractivity contribution >= 4 is 11.8 Å². The number of carbonyl (C=O) groups excluding carboxylic acids is 2. The van der Waals surface area contributed by atoms with Gasteiger partial charge in [0.15, 0.2) is 11.6 Å². The zero-order valence-corrected chi connectivity index (χ0v) is 15.0. The van der Waals surface area contributed by atoms with E-state index in [0.29, 0.717) is 32.5 Å². The largest absolute Gasteiger partial charge is 0.341 e. The zero-order chi connectivity index (χ0) is 18.7. The SMILES string of the molecule is C/C=C/CC(=O)N1CC[C@@]2(CCCN(Cc3cccc(F)c3F)C2=O)C1. The summed E-state index contributed by atoms with van der Waals surface area (Å²) in [7, 11) is 0. The van der Waals surface area contributed by atoms with Gasteiger partial charge in [-0.05, 0) is 32.3 Å². The van der Waals surface area contributed by atoms with Crippen LogP contribution in [0.1, 0.15) is 38.2 Å². The molecule has 1 spiro atoms. The molecule has 0 saturated carbocycles. The lowest BCUT2D eigenvalue weighted by molar-refractivity contribution is -0.146. The van der Waals surface area contributed by atoms with Gasteiger partial charge in [0.05, 0.1) is 5.41 Å². The minimum Gasteiger partial charge on any atom is -0.341 e. The van der Waals surface area contributed by atoms with E-state index in [1.165, 1.54) is 12.1 Å². The standard InChI is InChI=1S/C20H24F2N2O2/c1-2-3-8-17(25)24-12-10-20(14-24)9-5-11-23(19(20)26)13-15-6-4-7-16(21)18(15)22/h2-4,6-7H,5,8-14H2,1H3/b3-2+/t20-/m0/s1. The van der Waals surface area contributed by atoms with E-state index in [0.717, 1.165) is 18.9 Å². The Hall–Kier alpha value is -2.24. The summed E-state index contributed by atoms with van der Waals surface area (Å²) in [4.78, 5) is 28.7. The van der Waals surface area contributed by atoms with E-state index in [4.69, 9.17) is 0 Å². The third kappa shape index (κ3) is 3.50. The number of hydrogen-bond acceptors (Lipinski definition) is 2. The van der Waals surface area contributed by atoms with E-state index in [2.05, 4.69) is 0 Å². The highest BCUT2D eigenvalue weighted by atomic mass is 19.2. The van der Waals surface area contributed by atoms with Crippen molar-refractivity contribution in [2.45, 2.75) is 39.2 Å². The maximum atomic E-state index is 14.0. The molecule has 26 heavy (non-hydrogen) atoms. The van der Waals surface area contributed by atoms with E-state index < -0.39 is 17.0 Å². The fraction of sp³-hybridized carbons (Fsp3) is 0.500. The van der Waals surface area contributed by atoms with Crippen molar-refractivity contribution in [2.24, 2.45) is 5.41 Å². The molecule has 1 aromatic carbocycles. The van der Waals surface area contributed by atoms with E-state index in [9.17, 15) is 18.4 Å². The molecule has 2 aliphatic heterocycles. The molecular weight excluding hydrogens is 338 g/mol. The van der Waals surface area contributed by atoms with Crippen molar-refractivity contribution in [1.82, 2.24) is 9.80 Å². The van der Waals surface area contributed by atoms with Gasteiger partial charge in [-0.15, -0.1) is 0 Å². The predicted molar refractivity (Wildman–Crippen MR) is 94.1 cm³/mol. The molecule has 3 rings (SSSR count). The van der Waals surface area contributed by atoms with Gasteiger partial charge in [-0.25, -0.2) is 8.78 Å². The lowest BCUT2D eigenvalue weighted by atomic mass is 9.78. The summed E-state index contributed by atoms with van der Waals surface area (Å²) >= 11 is 0. The molecule has 0 bridgehead atoms. The average Bonchev–Trinajstić information content (AvgIpc) is 3.06. The molecule has 1 atom stereocenters. The van der Waals surface area contributed by atoms with Crippen LogP contribution in [-0.2, 0) is 16.1 Å². The van der Waals surface area contributed by atoms with Crippen molar-refractivity contribution in [3.8, 4) is 0 Å². The molecule has 2 amide bonds. The minimum absolute atomic E-state index is 0.0288. The Morgan fingerprint density at radius 3 is 2.85 bits per heavy atom. The Kier molecular flexibility index (Phi) is 5.39. The second kappa shape index (κ2) is 7.56. The summed E-state index contributed by atoms with van der Waals surface area (Å²) in [6.45, 7) is 3.46. The van der Waals surface area contributed by atoms with Crippen molar-refractivity contribution in [3.63, 3.8) is 0 Å². The van der Waals surface area contributed by atoms with Gasteiger partial charge < -0.3 is 9.80 Å². The summed E-state index contributed by atoms with van der Waals surface area (Å²) in [6.07, 6.45) is 6.18. The van der Waals surface area contributed by atoms with Gasteiger partial charge in [-0.1, -0.05) is 24.3 Å². The number of rotatable bonds is 4. The van der Waals surface area contributed by atoms with Gasteiger partial charge in [-0.2, -0.15) is 0 Å². The molecular formula is C20H24F2N2O2.